The maximum atomic E-state index is 11.8. The lowest BCUT2D eigenvalue weighted by Crippen LogP contribution is -2.24. The molecule has 1 aromatic carbocycles. The van der Waals surface area contributed by atoms with Gasteiger partial charge in [0, 0.05) is 10.5 Å². The van der Waals surface area contributed by atoms with E-state index in [1.165, 1.54) is 6.08 Å². The van der Waals surface area contributed by atoms with Crippen LogP contribution in [0.3, 0.4) is 0 Å². The molecule has 2 rings (SSSR count). The van der Waals surface area contributed by atoms with Gasteiger partial charge in [0.15, 0.2) is 0 Å². The number of hydrogen-bond donors (Lipinski definition) is 1. The van der Waals surface area contributed by atoms with Gasteiger partial charge in [0.1, 0.15) is 5.76 Å². The van der Waals surface area contributed by atoms with Crippen LogP contribution in [0, 0.1) is 0 Å². The number of hydrogen-bond acceptors (Lipinski definition) is 2. The lowest BCUT2D eigenvalue weighted by atomic mass is 10.1. The first-order valence-electron chi connectivity index (χ1n) is 5.93. The van der Waals surface area contributed by atoms with Gasteiger partial charge in [0.2, 0.25) is 5.91 Å². The van der Waals surface area contributed by atoms with E-state index in [0.717, 1.165) is 10.0 Å². The third kappa shape index (κ3) is 4.10. The van der Waals surface area contributed by atoms with Gasteiger partial charge in [-0.2, -0.15) is 0 Å². The molecular weight excluding hydrogens is 306 g/mol. The van der Waals surface area contributed by atoms with Gasteiger partial charge in [0.25, 0.3) is 0 Å². The predicted octanol–water partition coefficient (Wildman–Crippen LogP) is 3.93. The van der Waals surface area contributed by atoms with E-state index >= 15 is 0 Å². The third-order valence-corrected chi connectivity index (χ3v) is 3.14. The lowest BCUT2D eigenvalue weighted by Gasteiger charge is -2.13. The molecule has 0 bridgehead atoms. The average Bonchev–Trinajstić information content (AvgIpc) is 2.89. The minimum absolute atomic E-state index is 0.0498. The fourth-order valence-corrected chi connectivity index (χ4v) is 2.08. The first-order chi connectivity index (χ1) is 9.15. The summed E-state index contributed by atoms with van der Waals surface area (Å²) in [5.74, 6) is 0.508. The second kappa shape index (κ2) is 6.38. The molecule has 1 N–H and O–H groups in total. The number of nitrogens with one attached hydrogen (secondary N) is 1. The van der Waals surface area contributed by atoms with Crippen LogP contribution in [0.15, 0.2) is 57.6 Å². The van der Waals surface area contributed by atoms with Gasteiger partial charge in [-0.05, 0) is 42.8 Å². The van der Waals surface area contributed by atoms with Crippen molar-refractivity contribution in [3.05, 3.63) is 64.5 Å². The molecule has 1 atom stereocenters. The van der Waals surface area contributed by atoms with Crippen molar-refractivity contribution < 1.29 is 9.21 Å². The van der Waals surface area contributed by atoms with E-state index in [1.807, 2.05) is 31.2 Å². The Morgan fingerprint density at radius 2 is 2.21 bits per heavy atom. The molecule has 0 aliphatic heterocycles. The van der Waals surface area contributed by atoms with E-state index in [9.17, 15) is 4.79 Å². The van der Waals surface area contributed by atoms with Gasteiger partial charge < -0.3 is 9.73 Å². The summed E-state index contributed by atoms with van der Waals surface area (Å²) in [6.45, 7) is 1.94. The number of amides is 1. The molecule has 1 amide bonds. The Labute approximate surface area is 120 Å². The molecule has 3 nitrogen and oxygen atoms in total. The van der Waals surface area contributed by atoms with Crippen LogP contribution in [0.2, 0.25) is 0 Å². The molecule has 0 unspecified atom stereocenters. The number of rotatable bonds is 4. The van der Waals surface area contributed by atoms with Gasteiger partial charge in [-0.3, -0.25) is 4.79 Å². The minimum Gasteiger partial charge on any atom is -0.465 e. The summed E-state index contributed by atoms with van der Waals surface area (Å²) in [4.78, 5) is 11.8. The molecule has 4 heteroatoms. The van der Waals surface area contributed by atoms with E-state index < -0.39 is 0 Å². The first kappa shape index (κ1) is 13.6. The van der Waals surface area contributed by atoms with Crippen molar-refractivity contribution in [3.8, 4) is 0 Å². The second-order valence-electron chi connectivity index (χ2n) is 4.13. The van der Waals surface area contributed by atoms with Crippen LogP contribution < -0.4 is 5.32 Å². The van der Waals surface area contributed by atoms with Crippen molar-refractivity contribution in [3.63, 3.8) is 0 Å². The van der Waals surface area contributed by atoms with Gasteiger partial charge in [0.05, 0.1) is 12.3 Å². The highest BCUT2D eigenvalue weighted by atomic mass is 79.9. The summed E-state index contributed by atoms with van der Waals surface area (Å²) in [6.07, 6.45) is 4.68. The Morgan fingerprint density at radius 3 is 2.89 bits per heavy atom. The molecule has 0 aliphatic rings. The van der Waals surface area contributed by atoms with Gasteiger partial charge in [-0.15, -0.1) is 0 Å². The van der Waals surface area contributed by atoms with Crippen molar-refractivity contribution in [1.82, 2.24) is 5.32 Å². The zero-order valence-corrected chi connectivity index (χ0v) is 12.1. The van der Waals surface area contributed by atoms with Gasteiger partial charge >= 0.3 is 0 Å². The molecular formula is C15H14BrNO2. The van der Waals surface area contributed by atoms with Crippen molar-refractivity contribution in [2.24, 2.45) is 0 Å². The first-order valence-corrected chi connectivity index (χ1v) is 6.72. The molecule has 1 heterocycles. The minimum atomic E-state index is -0.149. The number of halogens is 1. The Bertz CT molecular complexity index is 576. The number of benzene rings is 1. The van der Waals surface area contributed by atoms with Crippen LogP contribution in [0.1, 0.15) is 24.3 Å². The summed E-state index contributed by atoms with van der Waals surface area (Å²) in [7, 11) is 0. The average molecular weight is 320 g/mol. The molecule has 19 heavy (non-hydrogen) atoms. The van der Waals surface area contributed by atoms with Crippen LogP contribution in [0.25, 0.3) is 6.08 Å². The number of furan rings is 1. The van der Waals surface area contributed by atoms with Gasteiger partial charge in [-0.1, -0.05) is 28.1 Å². The molecule has 0 fully saturated rings. The van der Waals surface area contributed by atoms with Crippen molar-refractivity contribution in [2.45, 2.75) is 13.0 Å². The lowest BCUT2D eigenvalue weighted by molar-refractivity contribution is -0.117. The molecule has 0 aliphatic carbocycles. The third-order valence-electron chi connectivity index (χ3n) is 2.65. The van der Waals surface area contributed by atoms with Crippen LogP contribution in [-0.4, -0.2) is 5.91 Å². The summed E-state index contributed by atoms with van der Waals surface area (Å²) >= 11 is 3.41. The Balaban J connectivity index is 1.95. The fourth-order valence-electron chi connectivity index (χ4n) is 1.66. The van der Waals surface area contributed by atoms with Crippen LogP contribution >= 0.6 is 15.9 Å². The highest BCUT2D eigenvalue weighted by Gasteiger charge is 2.07. The summed E-state index contributed by atoms with van der Waals surface area (Å²) in [5, 5.41) is 2.90. The monoisotopic (exact) mass is 319 g/mol. The second-order valence-corrected chi connectivity index (χ2v) is 5.05. The van der Waals surface area contributed by atoms with Crippen molar-refractivity contribution >= 4 is 27.9 Å². The van der Waals surface area contributed by atoms with E-state index in [0.29, 0.717) is 5.76 Å². The molecule has 0 spiro atoms. The van der Waals surface area contributed by atoms with E-state index in [-0.39, 0.29) is 11.9 Å². The van der Waals surface area contributed by atoms with E-state index in [1.54, 1.807) is 24.5 Å². The van der Waals surface area contributed by atoms with Crippen LogP contribution in [0.5, 0.6) is 0 Å². The fraction of sp³-hybridized carbons (Fsp3) is 0.133. The topological polar surface area (TPSA) is 42.2 Å². The molecule has 0 saturated carbocycles. The summed E-state index contributed by atoms with van der Waals surface area (Å²) in [5.41, 5.74) is 1.05. The normalized spacial score (nSPS) is 12.5. The highest BCUT2D eigenvalue weighted by Crippen LogP contribution is 2.17. The van der Waals surface area contributed by atoms with E-state index in [4.69, 9.17) is 4.42 Å². The van der Waals surface area contributed by atoms with E-state index in [2.05, 4.69) is 21.2 Å². The smallest absolute Gasteiger partial charge is 0.244 e. The molecule has 1 aromatic heterocycles. The molecule has 2 aromatic rings. The van der Waals surface area contributed by atoms with Crippen molar-refractivity contribution in [1.29, 1.82) is 0 Å². The molecule has 0 radical (unpaired) electrons. The standard InChI is InChI=1S/C15H14BrNO2/c1-11(12-4-2-5-13(16)10-12)17-15(18)8-7-14-6-3-9-19-14/h2-11H,1H3,(H,17,18)/b8-7+/t11-/m1/s1. The van der Waals surface area contributed by atoms with Crippen LogP contribution in [-0.2, 0) is 4.79 Å². The number of carbonyl (C=O) groups is 1. The highest BCUT2D eigenvalue weighted by molar-refractivity contribution is 9.10. The van der Waals surface area contributed by atoms with Crippen LogP contribution in [0.4, 0.5) is 0 Å². The zero-order chi connectivity index (χ0) is 13.7. The van der Waals surface area contributed by atoms with Gasteiger partial charge in [-0.25, -0.2) is 0 Å². The zero-order valence-electron chi connectivity index (χ0n) is 10.5. The quantitative estimate of drug-likeness (QED) is 0.867. The predicted molar refractivity (Wildman–Crippen MR) is 78.4 cm³/mol. The SMILES string of the molecule is C[C@@H](NC(=O)/C=C/c1ccco1)c1cccc(Br)c1. The summed E-state index contributed by atoms with van der Waals surface area (Å²) < 4.78 is 6.11. The maximum absolute atomic E-state index is 11.8. The molecule has 98 valence electrons. The Hall–Kier alpha value is -1.81. The summed E-state index contributed by atoms with van der Waals surface area (Å²) in [6, 6.07) is 11.4. The molecule has 0 saturated heterocycles. The van der Waals surface area contributed by atoms with Crippen molar-refractivity contribution in [2.75, 3.05) is 0 Å². The number of carbonyl (C=O) groups excluding carboxylic acids is 1. The Kier molecular flexibility index (Phi) is 4.58. The largest absolute Gasteiger partial charge is 0.465 e. The maximum Gasteiger partial charge on any atom is 0.244 e. The Morgan fingerprint density at radius 1 is 1.37 bits per heavy atom.